The van der Waals surface area contributed by atoms with E-state index in [1.54, 1.807) is 39.0 Å². The molecule has 1 heterocycles. The Bertz CT molecular complexity index is 1050. The molecule has 0 amide bonds. The quantitative estimate of drug-likeness (QED) is 0.536. The Labute approximate surface area is 188 Å². The minimum Gasteiger partial charge on any atom is -0.495 e. The number of halogens is 1. The number of hydrogen-bond acceptors (Lipinski definition) is 5. The van der Waals surface area contributed by atoms with Gasteiger partial charge in [-0.1, -0.05) is 31.9 Å². The molecule has 0 aliphatic heterocycles. The molecule has 166 valence electrons. The molecule has 0 saturated carbocycles. The highest BCUT2D eigenvalue weighted by Crippen LogP contribution is 2.34. The second-order valence-corrected chi connectivity index (χ2v) is 9.04. The molecule has 1 aromatic carbocycles. The third-order valence-electron chi connectivity index (χ3n) is 4.99. The number of pyridine rings is 1. The SMILES string of the molecule is CCC(C)CC(C(=O)OC(C)(C)C)n1cc(OC)c(-c2cc(Cl)ccc2C#N)cc1=O. The molecule has 2 aromatic rings. The number of ether oxygens (including phenoxy) is 2. The van der Waals surface area contributed by atoms with Gasteiger partial charge in [0.15, 0.2) is 0 Å². The number of rotatable bonds is 7. The fourth-order valence-electron chi connectivity index (χ4n) is 3.22. The van der Waals surface area contributed by atoms with Gasteiger partial charge in [-0.25, -0.2) is 4.79 Å². The lowest BCUT2D eigenvalue weighted by atomic mass is 9.97. The highest BCUT2D eigenvalue weighted by atomic mass is 35.5. The third-order valence-corrected chi connectivity index (χ3v) is 5.23. The van der Waals surface area contributed by atoms with Crippen LogP contribution in [0.25, 0.3) is 11.1 Å². The third kappa shape index (κ3) is 6.11. The maximum Gasteiger partial charge on any atom is 0.329 e. The average molecular weight is 445 g/mol. The molecule has 2 atom stereocenters. The van der Waals surface area contributed by atoms with Crippen molar-refractivity contribution in [2.24, 2.45) is 5.92 Å². The van der Waals surface area contributed by atoms with Crippen LogP contribution >= 0.6 is 11.6 Å². The summed E-state index contributed by atoms with van der Waals surface area (Å²) in [6.07, 6.45) is 2.82. The minimum atomic E-state index is -0.792. The molecule has 31 heavy (non-hydrogen) atoms. The van der Waals surface area contributed by atoms with Crippen LogP contribution in [0.2, 0.25) is 5.02 Å². The summed E-state index contributed by atoms with van der Waals surface area (Å²) in [5.74, 6) is 0.0921. The Kier molecular flexibility index (Phi) is 7.91. The van der Waals surface area contributed by atoms with E-state index < -0.39 is 17.6 Å². The van der Waals surface area contributed by atoms with Crippen LogP contribution in [-0.4, -0.2) is 23.2 Å². The molecule has 0 bridgehead atoms. The summed E-state index contributed by atoms with van der Waals surface area (Å²) in [6.45, 7) is 9.44. The first-order valence-corrected chi connectivity index (χ1v) is 10.6. The van der Waals surface area contributed by atoms with Crippen molar-refractivity contribution in [2.45, 2.75) is 59.1 Å². The summed E-state index contributed by atoms with van der Waals surface area (Å²) in [5, 5.41) is 9.91. The Hall–Kier alpha value is -2.78. The molecule has 0 saturated heterocycles. The van der Waals surface area contributed by atoms with E-state index in [-0.39, 0.29) is 11.5 Å². The zero-order valence-electron chi connectivity index (χ0n) is 18.9. The second kappa shape index (κ2) is 10.0. The van der Waals surface area contributed by atoms with Gasteiger partial charge in [0.1, 0.15) is 17.4 Å². The van der Waals surface area contributed by atoms with Crippen molar-refractivity contribution in [3.63, 3.8) is 0 Å². The highest BCUT2D eigenvalue weighted by molar-refractivity contribution is 6.31. The van der Waals surface area contributed by atoms with Gasteiger partial charge in [0, 0.05) is 22.2 Å². The van der Waals surface area contributed by atoms with Crippen LogP contribution in [0.4, 0.5) is 0 Å². The van der Waals surface area contributed by atoms with E-state index in [0.717, 1.165) is 6.42 Å². The van der Waals surface area contributed by atoms with Gasteiger partial charge in [0.25, 0.3) is 5.56 Å². The highest BCUT2D eigenvalue weighted by Gasteiger charge is 2.29. The number of aromatic nitrogens is 1. The smallest absolute Gasteiger partial charge is 0.329 e. The topological polar surface area (TPSA) is 81.3 Å². The van der Waals surface area contributed by atoms with Crippen LogP contribution in [0, 0.1) is 17.2 Å². The number of benzene rings is 1. The van der Waals surface area contributed by atoms with E-state index in [2.05, 4.69) is 6.07 Å². The van der Waals surface area contributed by atoms with Crippen LogP contribution < -0.4 is 10.3 Å². The Morgan fingerprint density at radius 2 is 1.94 bits per heavy atom. The van der Waals surface area contributed by atoms with E-state index in [1.807, 2.05) is 13.8 Å². The number of esters is 1. The van der Waals surface area contributed by atoms with Gasteiger partial charge in [-0.15, -0.1) is 0 Å². The predicted molar refractivity (Wildman–Crippen MR) is 121 cm³/mol. The standard InChI is InChI=1S/C24H29ClN2O4/c1-7-15(2)10-20(23(29)31-24(3,4)5)27-14-21(30-6)19(12-22(27)28)18-11-17(25)9-8-16(18)13-26/h8-9,11-12,14-15,20H,7,10H2,1-6H3. The Balaban J connectivity index is 2.65. The molecular formula is C24H29ClN2O4. The molecule has 0 N–H and O–H groups in total. The normalized spacial score (nSPS) is 13.2. The fraction of sp³-hybridized carbons (Fsp3) is 0.458. The number of carbonyl (C=O) groups excluding carboxylic acids is 1. The van der Waals surface area contributed by atoms with Crippen LogP contribution in [0.1, 0.15) is 59.1 Å². The van der Waals surface area contributed by atoms with Gasteiger partial charge in [0.05, 0.1) is 24.9 Å². The second-order valence-electron chi connectivity index (χ2n) is 8.60. The minimum absolute atomic E-state index is 0.202. The summed E-state index contributed by atoms with van der Waals surface area (Å²) >= 11 is 6.12. The van der Waals surface area contributed by atoms with Crippen molar-refractivity contribution in [3.8, 4) is 22.9 Å². The molecule has 0 aliphatic rings. The first-order valence-electron chi connectivity index (χ1n) is 10.2. The molecule has 1 aromatic heterocycles. The van der Waals surface area contributed by atoms with E-state index in [0.29, 0.717) is 33.9 Å². The van der Waals surface area contributed by atoms with Crippen LogP contribution in [-0.2, 0) is 9.53 Å². The van der Waals surface area contributed by atoms with Crippen molar-refractivity contribution in [1.29, 1.82) is 5.26 Å². The molecule has 2 unspecified atom stereocenters. The lowest BCUT2D eigenvalue weighted by molar-refractivity contribution is -0.159. The van der Waals surface area contributed by atoms with Crippen molar-refractivity contribution in [2.75, 3.05) is 7.11 Å². The zero-order chi connectivity index (χ0) is 23.3. The van der Waals surface area contributed by atoms with Crippen molar-refractivity contribution >= 4 is 17.6 Å². The van der Waals surface area contributed by atoms with E-state index in [4.69, 9.17) is 21.1 Å². The van der Waals surface area contributed by atoms with Crippen molar-refractivity contribution in [1.82, 2.24) is 4.57 Å². The Morgan fingerprint density at radius 3 is 2.48 bits per heavy atom. The van der Waals surface area contributed by atoms with Gasteiger partial charge in [-0.2, -0.15) is 5.26 Å². The average Bonchev–Trinajstić information content (AvgIpc) is 2.70. The van der Waals surface area contributed by atoms with Crippen LogP contribution in [0.15, 0.2) is 35.3 Å². The summed E-state index contributed by atoms with van der Waals surface area (Å²) < 4.78 is 12.5. The maximum atomic E-state index is 13.1. The van der Waals surface area contributed by atoms with Gasteiger partial charge in [0.2, 0.25) is 0 Å². The summed E-state index contributed by atoms with van der Waals surface area (Å²) in [6, 6.07) is 7.51. The summed E-state index contributed by atoms with van der Waals surface area (Å²) in [5.41, 5.74) is 0.226. The van der Waals surface area contributed by atoms with Crippen molar-refractivity contribution < 1.29 is 14.3 Å². The largest absolute Gasteiger partial charge is 0.495 e. The van der Waals surface area contributed by atoms with Gasteiger partial charge < -0.3 is 9.47 Å². The number of carbonyl (C=O) groups is 1. The number of hydrogen-bond donors (Lipinski definition) is 0. The van der Waals surface area contributed by atoms with Crippen LogP contribution in [0.3, 0.4) is 0 Å². The van der Waals surface area contributed by atoms with E-state index >= 15 is 0 Å². The molecule has 7 heteroatoms. The Morgan fingerprint density at radius 1 is 1.26 bits per heavy atom. The lowest BCUT2D eigenvalue weighted by Gasteiger charge is -2.27. The molecule has 0 radical (unpaired) electrons. The number of methoxy groups -OCH3 is 1. The van der Waals surface area contributed by atoms with Gasteiger partial charge >= 0.3 is 5.97 Å². The summed E-state index contributed by atoms with van der Waals surface area (Å²) in [4.78, 5) is 26.1. The molecule has 6 nitrogen and oxygen atoms in total. The number of nitrogens with zero attached hydrogens (tertiary/aromatic N) is 2. The van der Waals surface area contributed by atoms with Crippen molar-refractivity contribution in [3.05, 3.63) is 51.4 Å². The zero-order valence-corrected chi connectivity index (χ0v) is 19.6. The molecule has 0 fully saturated rings. The van der Waals surface area contributed by atoms with E-state index in [1.165, 1.54) is 23.9 Å². The first kappa shape index (κ1) is 24.5. The van der Waals surface area contributed by atoms with Crippen LogP contribution in [0.5, 0.6) is 5.75 Å². The maximum absolute atomic E-state index is 13.1. The molecular weight excluding hydrogens is 416 g/mol. The predicted octanol–water partition coefficient (Wildman–Crippen LogP) is 5.37. The van der Waals surface area contributed by atoms with Gasteiger partial charge in [-0.3, -0.25) is 9.36 Å². The molecule has 0 spiro atoms. The lowest BCUT2D eigenvalue weighted by Crippen LogP contribution is -2.35. The first-order chi connectivity index (χ1) is 14.5. The summed E-state index contributed by atoms with van der Waals surface area (Å²) in [7, 11) is 1.47. The number of nitriles is 1. The molecule has 2 rings (SSSR count). The fourth-order valence-corrected chi connectivity index (χ4v) is 3.40. The van der Waals surface area contributed by atoms with E-state index in [9.17, 15) is 14.9 Å². The van der Waals surface area contributed by atoms with Gasteiger partial charge in [-0.05, 0) is 51.3 Å². The monoisotopic (exact) mass is 444 g/mol. The molecule has 0 aliphatic carbocycles.